The summed E-state index contributed by atoms with van der Waals surface area (Å²) < 4.78 is 69.1. The predicted molar refractivity (Wildman–Crippen MR) is 112 cm³/mol. The van der Waals surface area contributed by atoms with Crippen molar-refractivity contribution in [3.05, 3.63) is 22.4 Å². The summed E-state index contributed by atoms with van der Waals surface area (Å²) >= 11 is 1.80. The first-order chi connectivity index (χ1) is 15.6. The third kappa shape index (κ3) is 9.76. The molecule has 2 aliphatic rings. The molecule has 14 heteroatoms. The van der Waals surface area contributed by atoms with Crippen molar-refractivity contribution in [1.82, 2.24) is 9.80 Å². The van der Waals surface area contributed by atoms with Gasteiger partial charge in [0, 0.05) is 38.4 Å². The van der Waals surface area contributed by atoms with Gasteiger partial charge in [0.25, 0.3) is 0 Å². The first-order valence-corrected chi connectivity index (χ1v) is 11.2. The molecule has 7 nitrogen and oxygen atoms in total. The van der Waals surface area contributed by atoms with E-state index in [9.17, 15) is 26.3 Å². The molecule has 0 saturated carbocycles. The summed E-state index contributed by atoms with van der Waals surface area (Å²) in [6.45, 7) is 8.69. The van der Waals surface area contributed by atoms with E-state index in [0.29, 0.717) is 5.54 Å². The van der Waals surface area contributed by atoms with Gasteiger partial charge in [-0.1, -0.05) is 0 Å². The van der Waals surface area contributed by atoms with Crippen molar-refractivity contribution in [1.29, 1.82) is 0 Å². The van der Waals surface area contributed by atoms with Gasteiger partial charge in [0.15, 0.2) is 0 Å². The van der Waals surface area contributed by atoms with Gasteiger partial charge in [-0.25, -0.2) is 9.59 Å². The van der Waals surface area contributed by atoms with Crippen molar-refractivity contribution in [3.63, 3.8) is 0 Å². The van der Waals surface area contributed by atoms with Gasteiger partial charge in [-0.15, -0.1) is 0 Å². The fourth-order valence-electron chi connectivity index (χ4n) is 3.74. The Hall–Kier alpha value is -1.90. The number of rotatable bonds is 5. The summed E-state index contributed by atoms with van der Waals surface area (Å²) in [4.78, 5) is 23.0. The topological polar surface area (TPSA) is 90.3 Å². The van der Waals surface area contributed by atoms with Crippen molar-refractivity contribution >= 4 is 23.3 Å². The smallest absolute Gasteiger partial charge is 0.475 e. The molecule has 2 fully saturated rings. The molecule has 0 amide bonds. The normalized spacial score (nSPS) is 20.4. The van der Waals surface area contributed by atoms with Crippen LogP contribution in [-0.4, -0.2) is 89.7 Å². The number of carboxylic acid groups (broad SMARTS) is 2. The number of piperidine rings is 1. The number of carbonyl (C=O) groups is 2. The number of thiophene rings is 1. The van der Waals surface area contributed by atoms with Gasteiger partial charge in [0.2, 0.25) is 0 Å². The SMILES string of the molecule is CCOCC1CCN(C)C2(C1)CN(Cc1ccsc1)C2.O=C(O)C(F)(F)F.O=C(O)C(F)(F)F. The number of ether oxygens (including phenoxy) is 1. The van der Waals surface area contributed by atoms with Crippen LogP contribution in [0.3, 0.4) is 0 Å². The molecule has 0 aliphatic carbocycles. The van der Waals surface area contributed by atoms with E-state index in [1.807, 2.05) is 0 Å². The fraction of sp³-hybridized carbons (Fsp3) is 0.700. The van der Waals surface area contributed by atoms with E-state index < -0.39 is 24.3 Å². The summed E-state index contributed by atoms with van der Waals surface area (Å²) in [5.74, 6) is -4.76. The number of alkyl halides is 6. The molecule has 2 saturated heterocycles. The second-order valence-electron chi connectivity index (χ2n) is 8.05. The van der Waals surface area contributed by atoms with E-state index in [0.717, 1.165) is 25.7 Å². The van der Waals surface area contributed by atoms with Crippen molar-refractivity contribution in [2.75, 3.05) is 39.9 Å². The maximum absolute atomic E-state index is 10.6. The number of halogens is 6. The van der Waals surface area contributed by atoms with E-state index in [1.54, 1.807) is 11.3 Å². The molecule has 1 spiro atoms. The minimum absolute atomic E-state index is 0.427. The Kier molecular flexibility index (Phi) is 11.3. The van der Waals surface area contributed by atoms with Crippen molar-refractivity contribution in [2.45, 2.75) is 44.2 Å². The van der Waals surface area contributed by atoms with Gasteiger partial charge in [0.1, 0.15) is 0 Å². The maximum Gasteiger partial charge on any atom is 0.490 e. The Balaban J connectivity index is 0.000000343. The van der Waals surface area contributed by atoms with Crippen LogP contribution < -0.4 is 0 Å². The zero-order valence-corrected chi connectivity index (χ0v) is 19.5. The average Bonchev–Trinajstić information content (AvgIpc) is 3.20. The van der Waals surface area contributed by atoms with Gasteiger partial charge < -0.3 is 14.9 Å². The molecule has 2 aliphatic heterocycles. The van der Waals surface area contributed by atoms with Gasteiger partial charge in [-0.3, -0.25) is 9.80 Å². The number of hydrogen-bond acceptors (Lipinski definition) is 6. The average molecular weight is 523 g/mol. The van der Waals surface area contributed by atoms with Crippen LogP contribution in [0.25, 0.3) is 0 Å². The lowest BCUT2D eigenvalue weighted by atomic mass is 9.75. The van der Waals surface area contributed by atoms with E-state index in [-0.39, 0.29) is 0 Å². The highest BCUT2D eigenvalue weighted by Crippen LogP contribution is 2.39. The minimum Gasteiger partial charge on any atom is -0.475 e. The summed E-state index contributed by atoms with van der Waals surface area (Å²) in [5, 5.41) is 18.7. The zero-order valence-electron chi connectivity index (χ0n) is 18.7. The molecule has 2 N–H and O–H groups in total. The van der Waals surface area contributed by atoms with Gasteiger partial charge in [0.05, 0.1) is 0 Å². The lowest BCUT2D eigenvalue weighted by molar-refractivity contribution is -0.193. The lowest BCUT2D eigenvalue weighted by Gasteiger charge is -2.58. The molecule has 0 radical (unpaired) electrons. The number of likely N-dealkylation sites (N-methyl/N-ethyl adjacent to an activating group) is 1. The van der Waals surface area contributed by atoms with Crippen LogP contribution >= 0.6 is 11.3 Å². The third-order valence-electron chi connectivity index (χ3n) is 5.42. The Morgan fingerprint density at radius 2 is 1.68 bits per heavy atom. The summed E-state index contributed by atoms with van der Waals surface area (Å²) in [7, 11) is 2.30. The second kappa shape index (κ2) is 12.7. The number of aliphatic carboxylic acids is 2. The summed E-state index contributed by atoms with van der Waals surface area (Å²) in [6.07, 6.45) is -7.56. The number of carboxylic acids is 2. The van der Waals surface area contributed by atoms with Crippen LogP contribution in [0, 0.1) is 5.92 Å². The highest BCUT2D eigenvalue weighted by atomic mass is 32.1. The highest BCUT2D eigenvalue weighted by molar-refractivity contribution is 7.07. The highest BCUT2D eigenvalue weighted by Gasteiger charge is 2.49. The molecular weight excluding hydrogens is 494 g/mol. The first kappa shape index (κ1) is 30.1. The standard InChI is InChI=1S/C16H26N2OS.2C2HF3O2/c1-3-19-10-14-4-6-17(2)16(8-14)12-18(13-16)9-15-5-7-20-11-15;2*3-2(4,5)1(6)7/h5,7,11,14H,3-4,6,8-10,12-13H2,1-2H3;2*(H,6,7). The van der Waals surface area contributed by atoms with Crippen LogP contribution in [0.5, 0.6) is 0 Å². The zero-order chi connectivity index (χ0) is 26.2. The Labute approximate surface area is 196 Å². The molecule has 1 aromatic rings. The summed E-state index contributed by atoms with van der Waals surface area (Å²) in [6, 6.07) is 2.25. The Bertz CT molecular complexity index is 740. The van der Waals surface area contributed by atoms with Crippen molar-refractivity contribution in [2.24, 2.45) is 5.92 Å². The third-order valence-corrected chi connectivity index (χ3v) is 6.15. The summed E-state index contributed by atoms with van der Waals surface area (Å²) in [5.41, 5.74) is 1.89. The van der Waals surface area contributed by atoms with E-state index >= 15 is 0 Å². The Morgan fingerprint density at radius 1 is 1.15 bits per heavy atom. The maximum atomic E-state index is 10.6. The molecule has 3 heterocycles. The van der Waals surface area contributed by atoms with Crippen LogP contribution in [0.1, 0.15) is 25.3 Å². The number of hydrogen-bond donors (Lipinski definition) is 2. The van der Waals surface area contributed by atoms with E-state index in [2.05, 4.69) is 40.6 Å². The quantitative estimate of drug-likeness (QED) is 0.566. The molecule has 1 atom stereocenters. The monoisotopic (exact) mass is 522 g/mol. The van der Waals surface area contributed by atoms with E-state index in [1.165, 1.54) is 38.0 Å². The minimum atomic E-state index is -5.08. The Morgan fingerprint density at radius 3 is 2.09 bits per heavy atom. The van der Waals surface area contributed by atoms with Crippen LogP contribution in [0.15, 0.2) is 16.8 Å². The number of nitrogens with zero attached hydrogens (tertiary/aromatic N) is 2. The fourth-order valence-corrected chi connectivity index (χ4v) is 4.40. The molecule has 1 aromatic heterocycles. The van der Waals surface area contributed by atoms with Gasteiger partial charge >= 0.3 is 24.3 Å². The molecule has 196 valence electrons. The second-order valence-corrected chi connectivity index (χ2v) is 8.83. The van der Waals surface area contributed by atoms with Crippen LogP contribution in [0.2, 0.25) is 0 Å². The van der Waals surface area contributed by atoms with Crippen molar-refractivity contribution < 1.29 is 50.9 Å². The number of likely N-dealkylation sites (tertiary alicyclic amines) is 2. The van der Waals surface area contributed by atoms with E-state index in [4.69, 9.17) is 24.5 Å². The largest absolute Gasteiger partial charge is 0.490 e. The molecule has 34 heavy (non-hydrogen) atoms. The predicted octanol–water partition coefficient (Wildman–Crippen LogP) is 3.95. The first-order valence-electron chi connectivity index (χ1n) is 10.2. The molecule has 3 rings (SSSR count). The molecular formula is C20H28F6N2O5S. The van der Waals surface area contributed by atoms with Crippen molar-refractivity contribution in [3.8, 4) is 0 Å². The van der Waals surface area contributed by atoms with Gasteiger partial charge in [-0.05, 0) is 61.7 Å². The molecule has 1 unspecified atom stereocenters. The molecule has 0 aromatic carbocycles. The van der Waals surface area contributed by atoms with Crippen LogP contribution in [0.4, 0.5) is 26.3 Å². The van der Waals surface area contributed by atoms with Gasteiger partial charge in [-0.2, -0.15) is 37.7 Å². The lowest BCUT2D eigenvalue weighted by Crippen LogP contribution is -2.71. The van der Waals surface area contributed by atoms with Crippen LogP contribution in [-0.2, 0) is 20.9 Å². The molecule has 0 bridgehead atoms.